The number of rotatable bonds is 8. The summed E-state index contributed by atoms with van der Waals surface area (Å²) in [7, 11) is 0. The molecule has 0 radical (unpaired) electrons. The average molecular weight is 517 g/mol. The topological polar surface area (TPSA) is 93.5 Å². The van der Waals surface area contributed by atoms with Crippen molar-refractivity contribution in [3.05, 3.63) is 99.0 Å². The van der Waals surface area contributed by atoms with E-state index < -0.39 is 12.1 Å². The number of hydrogen-bond donors (Lipinski definition) is 3. The molecule has 0 aliphatic carbocycles. The molecular formula is C24H23BrClN3O3. The lowest BCUT2D eigenvalue weighted by Gasteiger charge is -2.19. The number of carbonyl (C=O) groups excluding carboxylic acids is 2. The Morgan fingerprint density at radius 3 is 2.47 bits per heavy atom. The van der Waals surface area contributed by atoms with Crippen LogP contribution in [0.3, 0.4) is 0 Å². The second-order valence-electron chi connectivity index (χ2n) is 7.09. The van der Waals surface area contributed by atoms with Crippen molar-refractivity contribution in [2.45, 2.75) is 25.6 Å². The van der Waals surface area contributed by atoms with Gasteiger partial charge in [-0.05, 0) is 56.9 Å². The molecule has 0 bridgehead atoms. The zero-order chi connectivity index (χ0) is 22.9. The molecule has 0 unspecified atom stereocenters. The van der Waals surface area contributed by atoms with Crippen molar-refractivity contribution in [1.82, 2.24) is 5.32 Å². The molecule has 166 valence electrons. The molecule has 0 spiro atoms. The Balaban J connectivity index is 1.70. The molecule has 2 amide bonds. The number of ether oxygens (including phenoxy) is 1. The fourth-order valence-electron chi connectivity index (χ4n) is 3.06. The van der Waals surface area contributed by atoms with Gasteiger partial charge >= 0.3 is 6.09 Å². The molecule has 0 saturated heterocycles. The first-order valence-corrected chi connectivity index (χ1v) is 11.1. The van der Waals surface area contributed by atoms with Crippen LogP contribution in [0.25, 0.3) is 0 Å². The van der Waals surface area contributed by atoms with Crippen LogP contribution in [-0.4, -0.2) is 12.0 Å². The van der Waals surface area contributed by atoms with Crippen LogP contribution in [0.1, 0.15) is 29.2 Å². The largest absolute Gasteiger partial charge is 0.445 e. The molecule has 0 aliphatic rings. The monoisotopic (exact) mass is 515 g/mol. The number of hydrogen-bond acceptors (Lipinski definition) is 4. The number of carbonyl (C=O) groups is 2. The first-order chi connectivity index (χ1) is 15.4. The van der Waals surface area contributed by atoms with Gasteiger partial charge < -0.3 is 21.1 Å². The summed E-state index contributed by atoms with van der Waals surface area (Å²) in [6.45, 7) is 0.502. The van der Waals surface area contributed by atoms with Crippen molar-refractivity contribution in [1.29, 1.82) is 0 Å². The van der Waals surface area contributed by atoms with Crippen LogP contribution < -0.4 is 16.4 Å². The zero-order valence-corrected chi connectivity index (χ0v) is 19.5. The Morgan fingerprint density at radius 2 is 1.75 bits per heavy atom. The summed E-state index contributed by atoms with van der Waals surface area (Å²) in [4.78, 5) is 25.2. The van der Waals surface area contributed by atoms with Gasteiger partial charge in [-0.3, -0.25) is 4.79 Å². The molecule has 6 nitrogen and oxygen atoms in total. The molecule has 3 rings (SSSR count). The quantitative estimate of drug-likeness (QED) is 0.365. The number of nitrogens with one attached hydrogen (secondary N) is 2. The maximum Gasteiger partial charge on any atom is 0.407 e. The fourth-order valence-corrected chi connectivity index (χ4v) is 3.58. The Labute approximate surface area is 200 Å². The summed E-state index contributed by atoms with van der Waals surface area (Å²) in [5.41, 5.74) is 8.79. The van der Waals surface area contributed by atoms with E-state index in [-0.39, 0.29) is 18.9 Å². The summed E-state index contributed by atoms with van der Waals surface area (Å²) in [6, 6.07) is 21.3. The van der Waals surface area contributed by atoms with Crippen LogP contribution in [0, 0.1) is 0 Å². The highest BCUT2D eigenvalue weighted by Gasteiger charge is 2.20. The normalized spacial score (nSPS) is 11.5. The summed E-state index contributed by atoms with van der Waals surface area (Å²) in [6.07, 6.45) is -0.621. The second kappa shape index (κ2) is 11.7. The van der Waals surface area contributed by atoms with Gasteiger partial charge in [0.25, 0.3) is 0 Å². The molecule has 8 heteroatoms. The van der Waals surface area contributed by atoms with Gasteiger partial charge in [-0.1, -0.05) is 60.1 Å². The Bertz CT molecular complexity index is 1080. The lowest BCUT2D eigenvalue weighted by molar-refractivity contribution is -0.116. The first-order valence-electron chi connectivity index (χ1n) is 9.95. The molecule has 0 saturated carbocycles. The molecule has 3 aromatic carbocycles. The third kappa shape index (κ3) is 7.09. The molecular weight excluding hydrogens is 494 g/mol. The highest BCUT2D eigenvalue weighted by atomic mass is 79.9. The standard InChI is InChI=1S/C24H23BrClN3O3/c25-20-12-18(9-10-21(20)26)22(29-24(31)32-15-16-5-2-1-3-6-16)13-23(30)28-19-8-4-7-17(11-19)14-27/h1-12,22H,13-15,27H2,(H,28,30)(H,29,31)/t22-/m1/s1. The third-order valence-electron chi connectivity index (χ3n) is 4.69. The van der Waals surface area contributed by atoms with Gasteiger partial charge in [0.1, 0.15) is 6.61 Å². The van der Waals surface area contributed by atoms with Crippen molar-refractivity contribution in [3.63, 3.8) is 0 Å². The van der Waals surface area contributed by atoms with E-state index in [9.17, 15) is 9.59 Å². The van der Waals surface area contributed by atoms with Crippen LogP contribution in [0.2, 0.25) is 5.02 Å². The van der Waals surface area contributed by atoms with Crippen molar-refractivity contribution in [3.8, 4) is 0 Å². The summed E-state index contributed by atoms with van der Waals surface area (Å²) >= 11 is 9.49. The van der Waals surface area contributed by atoms with Crippen LogP contribution in [0.5, 0.6) is 0 Å². The van der Waals surface area contributed by atoms with Gasteiger partial charge in [-0.25, -0.2) is 4.79 Å². The van der Waals surface area contributed by atoms with E-state index in [1.54, 1.807) is 24.3 Å². The van der Waals surface area contributed by atoms with E-state index in [1.807, 2.05) is 48.5 Å². The van der Waals surface area contributed by atoms with E-state index in [1.165, 1.54) is 0 Å². The summed E-state index contributed by atoms with van der Waals surface area (Å²) < 4.78 is 5.99. The van der Waals surface area contributed by atoms with E-state index in [0.29, 0.717) is 27.3 Å². The minimum atomic E-state index is -0.622. The SMILES string of the molecule is NCc1cccc(NC(=O)C[C@@H](NC(=O)OCc2ccccc2)c2ccc(Cl)c(Br)c2)c1. The molecule has 0 aliphatic heterocycles. The number of amides is 2. The van der Waals surface area contributed by atoms with E-state index in [2.05, 4.69) is 26.6 Å². The van der Waals surface area contributed by atoms with Gasteiger partial charge in [0.2, 0.25) is 5.91 Å². The molecule has 1 atom stereocenters. The van der Waals surface area contributed by atoms with Crippen LogP contribution in [0.4, 0.5) is 10.5 Å². The minimum Gasteiger partial charge on any atom is -0.445 e. The predicted molar refractivity (Wildman–Crippen MR) is 129 cm³/mol. The number of anilines is 1. The van der Waals surface area contributed by atoms with Crippen LogP contribution >= 0.6 is 27.5 Å². The predicted octanol–water partition coefficient (Wildman–Crippen LogP) is 5.56. The first kappa shape index (κ1) is 23.8. The zero-order valence-electron chi connectivity index (χ0n) is 17.2. The summed E-state index contributed by atoms with van der Waals surface area (Å²) in [5.74, 6) is -0.265. The maximum atomic E-state index is 12.7. The van der Waals surface area contributed by atoms with Crippen molar-refractivity contribution >= 4 is 45.2 Å². The second-order valence-corrected chi connectivity index (χ2v) is 8.35. The van der Waals surface area contributed by atoms with Crippen molar-refractivity contribution in [2.75, 3.05) is 5.32 Å². The third-order valence-corrected chi connectivity index (χ3v) is 5.90. The van der Waals surface area contributed by atoms with Gasteiger partial charge in [-0.15, -0.1) is 0 Å². The highest BCUT2D eigenvalue weighted by molar-refractivity contribution is 9.10. The van der Waals surface area contributed by atoms with Crippen LogP contribution in [0.15, 0.2) is 77.3 Å². The molecule has 0 aromatic heterocycles. The molecule has 0 heterocycles. The Morgan fingerprint density at radius 1 is 1.00 bits per heavy atom. The number of alkyl carbamates (subject to hydrolysis) is 1. The number of benzene rings is 3. The smallest absolute Gasteiger partial charge is 0.407 e. The molecule has 32 heavy (non-hydrogen) atoms. The van der Waals surface area contributed by atoms with Gasteiger partial charge in [0, 0.05) is 16.7 Å². The highest BCUT2D eigenvalue weighted by Crippen LogP contribution is 2.28. The lowest BCUT2D eigenvalue weighted by atomic mass is 10.0. The number of nitrogens with two attached hydrogens (primary N) is 1. The van der Waals surface area contributed by atoms with Crippen LogP contribution in [-0.2, 0) is 22.7 Å². The maximum absolute atomic E-state index is 12.7. The van der Waals surface area contributed by atoms with Gasteiger partial charge in [0.05, 0.1) is 17.5 Å². The molecule has 3 aromatic rings. The minimum absolute atomic E-state index is 0.00135. The molecule has 0 fully saturated rings. The van der Waals surface area contributed by atoms with Gasteiger partial charge in [-0.2, -0.15) is 0 Å². The fraction of sp³-hybridized carbons (Fsp3) is 0.167. The summed E-state index contributed by atoms with van der Waals surface area (Å²) in [5, 5.41) is 6.16. The number of halogens is 2. The van der Waals surface area contributed by atoms with E-state index in [0.717, 1.165) is 11.1 Å². The lowest BCUT2D eigenvalue weighted by Crippen LogP contribution is -2.32. The Kier molecular flexibility index (Phi) is 8.67. The van der Waals surface area contributed by atoms with Crippen molar-refractivity contribution in [2.24, 2.45) is 5.73 Å². The van der Waals surface area contributed by atoms with Crippen molar-refractivity contribution < 1.29 is 14.3 Å². The van der Waals surface area contributed by atoms with E-state index in [4.69, 9.17) is 22.1 Å². The molecule has 4 N–H and O–H groups in total. The average Bonchev–Trinajstić information content (AvgIpc) is 2.80. The Hall–Kier alpha value is -2.87. The van der Waals surface area contributed by atoms with Gasteiger partial charge in [0.15, 0.2) is 0 Å². The van der Waals surface area contributed by atoms with E-state index >= 15 is 0 Å².